The molecular formula is C10H12F4N2. The van der Waals surface area contributed by atoms with Crippen molar-refractivity contribution in [3.05, 3.63) is 29.6 Å². The van der Waals surface area contributed by atoms with Crippen molar-refractivity contribution in [1.29, 1.82) is 0 Å². The third-order valence-corrected chi connectivity index (χ3v) is 1.98. The smallest absolute Gasteiger partial charge is 0.307 e. The fourth-order valence-corrected chi connectivity index (χ4v) is 1.05. The van der Waals surface area contributed by atoms with Gasteiger partial charge in [0.15, 0.2) is 0 Å². The SMILES string of the molecule is Cc1ccc(CNCC(F)(F)C(F)F)cn1. The van der Waals surface area contributed by atoms with E-state index in [0.717, 1.165) is 5.69 Å². The van der Waals surface area contributed by atoms with Crippen LogP contribution in [0.2, 0.25) is 0 Å². The highest BCUT2D eigenvalue weighted by atomic mass is 19.3. The van der Waals surface area contributed by atoms with Crippen LogP contribution in [-0.2, 0) is 6.54 Å². The normalized spacial score (nSPS) is 12.1. The van der Waals surface area contributed by atoms with Crippen LogP contribution in [0.25, 0.3) is 0 Å². The van der Waals surface area contributed by atoms with Crippen LogP contribution >= 0.6 is 0 Å². The Morgan fingerprint density at radius 2 is 2.06 bits per heavy atom. The summed E-state index contributed by atoms with van der Waals surface area (Å²) in [5.74, 6) is -3.99. The van der Waals surface area contributed by atoms with Gasteiger partial charge in [-0.1, -0.05) is 6.07 Å². The van der Waals surface area contributed by atoms with Crippen LogP contribution in [0.5, 0.6) is 0 Å². The van der Waals surface area contributed by atoms with Crippen molar-refractivity contribution in [2.75, 3.05) is 6.54 Å². The first-order valence-electron chi connectivity index (χ1n) is 4.70. The molecule has 2 nitrogen and oxygen atoms in total. The largest absolute Gasteiger partial charge is 0.319 e. The lowest BCUT2D eigenvalue weighted by Gasteiger charge is -2.15. The third kappa shape index (κ3) is 3.77. The fourth-order valence-electron chi connectivity index (χ4n) is 1.05. The Hall–Kier alpha value is -1.17. The van der Waals surface area contributed by atoms with Crippen molar-refractivity contribution in [2.45, 2.75) is 25.8 Å². The third-order valence-electron chi connectivity index (χ3n) is 1.98. The Bertz CT molecular complexity index is 324. The molecule has 1 rings (SSSR count). The number of halogens is 4. The molecule has 0 saturated heterocycles. The van der Waals surface area contributed by atoms with Gasteiger partial charge in [-0.2, -0.15) is 8.78 Å². The summed E-state index contributed by atoms with van der Waals surface area (Å²) in [7, 11) is 0. The lowest BCUT2D eigenvalue weighted by Crippen LogP contribution is -2.38. The van der Waals surface area contributed by atoms with Gasteiger partial charge in [0.05, 0.1) is 6.54 Å². The number of nitrogens with one attached hydrogen (secondary N) is 1. The van der Waals surface area contributed by atoms with Crippen LogP contribution in [0.3, 0.4) is 0 Å². The lowest BCUT2D eigenvalue weighted by molar-refractivity contribution is -0.125. The van der Waals surface area contributed by atoms with Gasteiger partial charge >= 0.3 is 12.3 Å². The Morgan fingerprint density at radius 3 is 2.56 bits per heavy atom. The molecule has 1 aromatic rings. The van der Waals surface area contributed by atoms with E-state index < -0.39 is 18.9 Å². The van der Waals surface area contributed by atoms with Crippen LogP contribution in [-0.4, -0.2) is 23.9 Å². The first-order valence-corrected chi connectivity index (χ1v) is 4.70. The summed E-state index contributed by atoms with van der Waals surface area (Å²) in [5, 5.41) is 2.27. The van der Waals surface area contributed by atoms with Gasteiger partial charge in [-0.25, -0.2) is 8.78 Å². The van der Waals surface area contributed by atoms with Crippen molar-refractivity contribution < 1.29 is 17.6 Å². The molecule has 0 aliphatic rings. The Balaban J connectivity index is 2.39. The number of aryl methyl sites for hydroxylation is 1. The average molecular weight is 236 g/mol. The zero-order chi connectivity index (χ0) is 12.2. The van der Waals surface area contributed by atoms with Gasteiger partial charge in [-0.05, 0) is 18.6 Å². The Morgan fingerprint density at radius 1 is 1.38 bits per heavy atom. The lowest BCUT2D eigenvalue weighted by atomic mass is 10.2. The van der Waals surface area contributed by atoms with E-state index in [0.29, 0.717) is 5.56 Å². The molecule has 16 heavy (non-hydrogen) atoms. The highest BCUT2D eigenvalue weighted by molar-refractivity contribution is 5.12. The first-order chi connectivity index (χ1) is 7.42. The second-order valence-electron chi connectivity index (χ2n) is 3.47. The molecule has 6 heteroatoms. The van der Waals surface area contributed by atoms with E-state index in [2.05, 4.69) is 10.3 Å². The molecule has 0 spiro atoms. The van der Waals surface area contributed by atoms with Gasteiger partial charge in [0, 0.05) is 18.4 Å². The summed E-state index contributed by atoms with van der Waals surface area (Å²) < 4.78 is 48.5. The zero-order valence-corrected chi connectivity index (χ0v) is 8.68. The molecule has 0 saturated carbocycles. The minimum atomic E-state index is -3.99. The van der Waals surface area contributed by atoms with E-state index in [-0.39, 0.29) is 6.54 Å². The summed E-state index contributed by atoms with van der Waals surface area (Å²) >= 11 is 0. The van der Waals surface area contributed by atoms with E-state index in [4.69, 9.17) is 0 Å². The second kappa shape index (κ2) is 5.25. The first kappa shape index (κ1) is 12.9. The van der Waals surface area contributed by atoms with Gasteiger partial charge < -0.3 is 5.32 Å². The Kier molecular flexibility index (Phi) is 4.23. The summed E-state index contributed by atoms with van der Waals surface area (Å²) in [4.78, 5) is 3.95. The number of nitrogens with zero attached hydrogens (tertiary/aromatic N) is 1. The number of hydrogen-bond acceptors (Lipinski definition) is 2. The van der Waals surface area contributed by atoms with E-state index in [1.165, 1.54) is 6.20 Å². The van der Waals surface area contributed by atoms with E-state index in [9.17, 15) is 17.6 Å². The monoisotopic (exact) mass is 236 g/mol. The highest BCUT2D eigenvalue weighted by Gasteiger charge is 2.39. The molecule has 1 aromatic heterocycles. The summed E-state index contributed by atoms with van der Waals surface area (Å²) in [6, 6.07) is 3.43. The van der Waals surface area contributed by atoms with Gasteiger partial charge in [0.2, 0.25) is 0 Å². The molecule has 0 fully saturated rings. The number of pyridine rings is 1. The maximum atomic E-state index is 12.5. The van der Waals surface area contributed by atoms with Crippen LogP contribution in [0.1, 0.15) is 11.3 Å². The topological polar surface area (TPSA) is 24.9 Å². The van der Waals surface area contributed by atoms with Crippen molar-refractivity contribution in [3.63, 3.8) is 0 Å². The molecule has 0 atom stereocenters. The molecule has 0 bridgehead atoms. The summed E-state index contributed by atoms with van der Waals surface area (Å²) in [6.45, 7) is 0.844. The van der Waals surface area contributed by atoms with Gasteiger partial charge in [-0.15, -0.1) is 0 Å². The van der Waals surface area contributed by atoms with Crippen LogP contribution in [0, 0.1) is 6.92 Å². The quantitative estimate of drug-likeness (QED) is 0.794. The minimum absolute atomic E-state index is 0.0928. The molecule has 0 unspecified atom stereocenters. The predicted octanol–water partition coefficient (Wildman–Crippen LogP) is 2.38. The van der Waals surface area contributed by atoms with Crippen molar-refractivity contribution in [1.82, 2.24) is 10.3 Å². The molecule has 0 aliphatic heterocycles. The predicted molar refractivity (Wildman–Crippen MR) is 51.6 cm³/mol. The number of alkyl halides is 4. The average Bonchev–Trinajstić information content (AvgIpc) is 2.20. The van der Waals surface area contributed by atoms with Crippen LogP contribution in [0.4, 0.5) is 17.6 Å². The Labute approximate surface area is 90.7 Å². The van der Waals surface area contributed by atoms with Gasteiger partial charge in [-0.3, -0.25) is 4.98 Å². The molecule has 0 radical (unpaired) electrons. The number of hydrogen-bond donors (Lipinski definition) is 1. The molecule has 0 amide bonds. The molecule has 1 N–H and O–H groups in total. The fraction of sp³-hybridized carbons (Fsp3) is 0.500. The molecular weight excluding hydrogens is 224 g/mol. The van der Waals surface area contributed by atoms with Crippen LogP contribution in [0.15, 0.2) is 18.3 Å². The van der Waals surface area contributed by atoms with E-state index in [1.807, 2.05) is 0 Å². The minimum Gasteiger partial charge on any atom is -0.307 e. The maximum absolute atomic E-state index is 12.5. The van der Waals surface area contributed by atoms with Gasteiger partial charge in [0.1, 0.15) is 0 Å². The van der Waals surface area contributed by atoms with E-state index >= 15 is 0 Å². The van der Waals surface area contributed by atoms with Crippen LogP contribution < -0.4 is 5.32 Å². The summed E-state index contributed by atoms with van der Waals surface area (Å²) in [6.07, 6.45) is -2.13. The highest BCUT2D eigenvalue weighted by Crippen LogP contribution is 2.21. The van der Waals surface area contributed by atoms with E-state index in [1.54, 1.807) is 19.1 Å². The summed E-state index contributed by atoms with van der Waals surface area (Å²) in [5.41, 5.74) is 1.48. The van der Waals surface area contributed by atoms with Crippen molar-refractivity contribution >= 4 is 0 Å². The second-order valence-corrected chi connectivity index (χ2v) is 3.47. The zero-order valence-electron chi connectivity index (χ0n) is 8.68. The van der Waals surface area contributed by atoms with Crippen molar-refractivity contribution in [3.8, 4) is 0 Å². The molecule has 0 aromatic carbocycles. The maximum Gasteiger partial charge on any atom is 0.319 e. The molecule has 1 heterocycles. The standard InChI is InChI=1S/C10H12F4N2/c1-7-2-3-8(5-16-7)4-15-6-10(13,14)9(11)12/h2-3,5,9,15H,4,6H2,1H3. The number of aromatic nitrogens is 1. The molecule has 0 aliphatic carbocycles. The number of rotatable bonds is 5. The van der Waals surface area contributed by atoms with Crippen molar-refractivity contribution in [2.24, 2.45) is 0 Å². The van der Waals surface area contributed by atoms with Gasteiger partial charge in [0.25, 0.3) is 0 Å². The molecule has 90 valence electrons.